The van der Waals surface area contributed by atoms with E-state index >= 15 is 0 Å². The molecule has 4 aromatic carbocycles. The summed E-state index contributed by atoms with van der Waals surface area (Å²) in [4.78, 5) is 29.9. The van der Waals surface area contributed by atoms with Crippen LogP contribution in [0.5, 0.6) is 0 Å². The third-order valence-corrected chi connectivity index (χ3v) is 7.80. The smallest absolute Gasteiger partial charge is 0.229 e. The van der Waals surface area contributed by atoms with Crippen LogP contribution < -0.4 is 0 Å². The van der Waals surface area contributed by atoms with Crippen molar-refractivity contribution in [2.75, 3.05) is 26.2 Å². The van der Waals surface area contributed by atoms with Gasteiger partial charge in [0.2, 0.25) is 11.8 Å². The van der Waals surface area contributed by atoms with Gasteiger partial charge < -0.3 is 9.80 Å². The van der Waals surface area contributed by atoms with E-state index in [2.05, 4.69) is 0 Å². The van der Waals surface area contributed by atoms with Gasteiger partial charge in [-0.15, -0.1) is 0 Å². The molecule has 2 amide bonds. The van der Waals surface area contributed by atoms with Crippen LogP contribution >= 0.6 is 0 Å². The van der Waals surface area contributed by atoms with Gasteiger partial charge in [-0.1, -0.05) is 84.9 Å². The van der Waals surface area contributed by atoms with Crippen molar-refractivity contribution >= 4 is 11.8 Å². The van der Waals surface area contributed by atoms with E-state index in [9.17, 15) is 18.4 Å². The maximum absolute atomic E-state index is 14.9. The molecule has 0 bridgehead atoms. The van der Waals surface area contributed by atoms with E-state index in [1.54, 1.807) is 47.9 Å². The average Bonchev–Trinajstić information content (AvgIpc) is 3.00. The van der Waals surface area contributed by atoms with Crippen molar-refractivity contribution in [2.24, 2.45) is 0 Å². The lowest BCUT2D eigenvalue weighted by Crippen LogP contribution is -2.52. The normalized spacial score (nSPS) is 15.0. The molecule has 4 nitrogen and oxygen atoms in total. The standard InChI is InChI=1S/C34H32F2N2O2/c1-23(27-13-15-29(31(35)21-27)25-9-5-3-6-10-25)33(39)37-17-19-38(20-18-37)34(40)24(2)28-14-16-30(32(36)22-28)26-11-7-4-8-12-26/h3-16,21-24H,17-20H2,1-2H3/t23-,24-/m1/s1. The van der Waals surface area contributed by atoms with E-state index in [0.29, 0.717) is 48.4 Å². The second-order valence-corrected chi connectivity index (χ2v) is 10.3. The van der Waals surface area contributed by atoms with Crippen molar-refractivity contribution in [3.05, 3.63) is 120 Å². The fraction of sp³-hybridized carbons (Fsp3) is 0.235. The van der Waals surface area contributed by atoms with E-state index in [-0.39, 0.29) is 23.4 Å². The van der Waals surface area contributed by atoms with Gasteiger partial charge in [0.25, 0.3) is 0 Å². The molecule has 1 fully saturated rings. The number of amides is 2. The summed E-state index contributed by atoms with van der Waals surface area (Å²) in [6.45, 7) is 5.15. The van der Waals surface area contributed by atoms with Gasteiger partial charge in [-0.25, -0.2) is 8.78 Å². The summed E-state index contributed by atoms with van der Waals surface area (Å²) in [6.07, 6.45) is 0. The molecule has 0 radical (unpaired) electrons. The number of hydrogen-bond donors (Lipinski definition) is 0. The van der Waals surface area contributed by atoms with Crippen molar-refractivity contribution in [3.63, 3.8) is 0 Å². The number of rotatable bonds is 6. The number of piperazine rings is 1. The van der Waals surface area contributed by atoms with Crippen molar-refractivity contribution in [1.82, 2.24) is 9.80 Å². The summed E-state index contributed by atoms with van der Waals surface area (Å²) in [5.74, 6) is -1.92. The quantitative estimate of drug-likeness (QED) is 0.269. The maximum atomic E-state index is 14.9. The Morgan fingerprint density at radius 3 is 1.25 bits per heavy atom. The number of nitrogens with zero attached hydrogens (tertiary/aromatic N) is 2. The Bertz CT molecular complexity index is 1380. The van der Waals surface area contributed by atoms with Crippen molar-refractivity contribution in [3.8, 4) is 22.3 Å². The predicted octanol–water partition coefficient (Wildman–Crippen LogP) is 6.88. The lowest BCUT2D eigenvalue weighted by atomic mass is 9.95. The molecular formula is C34H32F2N2O2. The average molecular weight is 539 g/mol. The van der Waals surface area contributed by atoms with Crippen molar-refractivity contribution < 1.29 is 18.4 Å². The van der Waals surface area contributed by atoms with Crippen LogP contribution in [0, 0.1) is 11.6 Å². The summed E-state index contributed by atoms with van der Waals surface area (Å²) >= 11 is 0. The molecule has 0 N–H and O–H groups in total. The Morgan fingerprint density at radius 2 is 0.925 bits per heavy atom. The first-order valence-electron chi connectivity index (χ1n) is 13.6. The van der Waals surface area contributed by atoms with Crippen LogP contribution in [0.3, 0.4) is 0 Å². The molecule has 1 aliphatic rings. The van der Waals surface area contributed by atoms with Gasteiger partial charge in [-0.2, -0.15) is 0 Å². The van der Waals surface area contributed by atoms with Crippen LogP contribution in [0.4, 0.5) is 8.78 Å². The molecule has 0 aliphatic carbocycles. The Hall–Kier alpha value is -4.32. The lowest BCUT2D eigenvalue weighted by molar-refractivity contribution is -0.140. The van der Waals surface area contributed by atoms with Crippen LogP contribution in [0.2, 0.25) is 0 Å². The van der Waals surface area contributed by atoms with Crippen LogP contribution in [-0.4, -0.2) is 47.8 Å². The second kappa shape index (κ2) is 11.8. The fourth-order valence-corrected chi connectivity index (χ4v) is 5.29. The predicted molar refractivity (Wildman–Crippen MR) is 154 cm³/mol. The minimum Gasteiger partial charge on any atom is -0.339 e. The van der Waals surface area contributed by atoms with Gasteiger partial charge >= 0.3 is 0 Å². The third kappa shape index (κ3) is 5.67. The molecule has 6 heteroatoms. The van der Waals surface area contributed by atoms with E-state index in [0.717, 1.165) is 11.1 Å². The van der Waals surface area contributed by atoms with E-state index in [1.807, 2.05) is 60.7 Å². The van der Waals surface area contributed by atoms with Gasteiger partial charge in [0.1, 0.15) is 11.6 Å². The van der Waals surface area contributed by atoms with Gasteiger partial charge in [-0.3, -0.25) is 9.59 Å². The van der Waals surface area contributed by atoms with Crippen LogP contribution in [0.1, 0.15) is 36.8 Å². The molecular weight excluding hydrogens is 506 g/mol. The highest BCUT2D eigenvalue weighted by Gasteiger charge is 2.30. The van der Waals surface area contributed by atoms with E-state index in [1.165, 1.54) is 12.1 Å². The molecule has 0 spiro atoms. The Morgan fingerprint density at radius 1 is 0.575 bits per heavy atom. The number of hydrogen-bond acceptors (Lipinski definition) is 2. The summed E-state index contributed by atoms with van der Waals surface area (Å²) in [6, 6.07) is 28.5. The molecule has 4 aromatic rings. The first-order chi connectivity index (χ1) is 19.3. The SMILES string of the molecule is C[C@@H](C(=O)N1CCN(C(=O)[C@H](C)c2ccc(-c3ccccc3)c(F)c2)CC1)c1ccc(-c2ccccc2)c(F)c1. The van der Waals surface area contributed by atoms with Crippen LogP contribution in [-0.2, 0) is 9.59 Å². The Labute approximate surface area is 233 Å². The third-order valence-electron chi connectivity index (χ3n) is 7.80. The maximum Gasteiger partial charge on any atom is 0.229 e. The Kier molecular flexibility index (Phi) is 8.06. The molecule has 5 rings (SSSR count). The second-order valence-electron chi connectivity index (χ2n) is 10.3. The van der Waals surface area contributed by atoms with Crippen molar-refractivity contribution in [2.45, 2.75) is 25.7 Å². The molecule has 204 valence electrons. The van der Waals surface area contributed by atoms with Crippen LogP contribution in [0.15, 0.2) is 97.1 Å². The largest absolute Gasteiger partial charge is 0.339 e. The topological polar surface area (TPSA) is 40.6 Å². The number of halogens is 2. The minimum absolute atomic E-state index is 0.0921. The zero-order valence-electron chi connectivity index (χ0n) is 22.7. The van der Waals surface area contributed by atoms with Crippen molar-refractivity contribution in [1.29, 1.82) is 0 Å². The van der Waals surface area contributed by atoms with Gasteiger partial charge in [0.15, 0.2) is 0 Å². The lowest BCUT2D eigenvalue weighted by Gasteiger charge is -2.37. The number of carbonyl (C=O) groups is 2. The van der Waals surface area contributed by atoms with E-state index in [4.69, 9.17) is 0 Å². The molecule has 0 aromatic heterocycles. The summed E-state index contributed by atoms with van der Waals surface area (Å²) in [5, 5.41) is 0. The molecule has 1 aliphatic heterocycles. The Balaban J connectivity index is 1.19. The highest BCUT2D eigenvalue weighted by Crippen LogP contribution is 2.29. The zero-order chi connectivity index (χ0) is 28.2. The highest BCUT2D eigenvalue weighted by molar-refractivity contribution is 5.86. The highest BCUT2D eigenvalue weighted by atomic mass is 19.1. The molecule has 40 heavy (non-hydrogen) atoms. The summed E-state index contributed by atoms with van der Waals surface area (Å²) < 4.78 is 29.8. The van der Waals surface area contributed by atoms with E-state index < -0.39 is 11.8 Å². The fourth-order valence-electron chi connectivity index (χ4n) is 5.29. The monoisotopic (exact) mass is 538 g/mol. The first-order valence-corrected chi connectivity index (χ1v) is 13.6. The summed E-state index contributed by atoms with van der Waals surface area (Å²) in [7, 11) is 0. The molecule has 0 saturated carbocycles. The first kappa shape index (κ1) is 27.3. The molecule has 1 saturated heterocycles. The van der Waals surface area contributed by atoms with Gasteiger partial charge in [0, 0.05) is 37.3 Å². The van der Waals surface area contributed by atoms with Crippen LogP contribution in [0.25, 0.3) is 22.3 Å². The number of carbonyl (C=O) groups excluding carboxylic acids is 2. The molecule has 0 unspecified atom stereocenters. The molecule has 1 heterocycles. The molecule has 2 atom stereocenters. The zero-order valence-corrected chi connectivity index (χ0v) is 22.7. The van der Waals surface area contributed by atoms with Gasteiger partial charge in [-0.05, 0) is 48.2 Å². The number of benzene rings is 4. The minimum atomic E-state index is -0.508. The van der Waals surface area contributed by atoms with Gasteiger partial charge in [0.05, 0.1) is 11.8 Å². The summed E-state index contributed by atoms with van der Waals surface area (Å²) in [5.41, 5.74) is 3.82.